The lowest BCUT2D eigenvalue weighted by atomic mass is 10.1. The second-order valence-electron chi connectivity index (χ2n) is 2.56. The zero-order chi connectivity index (χ0) is 9.84. The van der Waals surface area contributed by atoms with Crippen LogP contribution in [-0.4, -0.2) is 27.2 Å². The Hall–Kier alpha value is -1.46. The van der Waals surface area contributed by atoms with Crippen LogP contribution in [0.5, 0.6) is 0 Å². The Labute approximate surface area is 74.8 Å². The van der Waals surface area contributed by atoms with Crippen molar-refractivity contribution >= 4 is 5.97 Å². The van der Waals surface area contributed by atoms with Gasteiger partial charge in [0.1, 0.15) is 12.1 Å². The van der Waals surface area contributed by atoms with Crippen LogP contribution >= 0.6 is 0 Å². The number of nitrogens with zero attached hydrogens (tertiary/aromatic N) is 1. The van der Waals surface area contributed by atoms with Crippen molar-refractivity contribution in [3.63, 3.8) is 0 Å². The molecule has 0 amide bonds. The maximum absolute atomic E-state index is 10.4. The second kappa shape index (κ2) is 3.97. The molecule has 5 heteroatoms. The molecular formula is C8H10N2O3. The third kappa shape index (κ3) is 2.24. The lowest BCUT2D eigenvalue weighted by Crippen LogP contribution is -2.36. The predicted octanol–water partition coefficient (Wildman–Crippen LogP) is -0.473. The molecule has 1 heterocycles. The first-order valence-corrected chi connectivity index (χ1v) is 3.70. The van der Waals surface area contributed by atoms with Gasteiger partial charge in [-0.25, -0.2) is 0 Å². The van der Waals surface area contributed by atoms with Crippen LogP contribution < -0.4 is 5.73 Å². The third-order valence-electron chi connectivity index (χ3n) is 1.62. The van der Waals surface area contributed by atoms with Gasteiger partial charge in [0, 0.05) is 6.20 Å². The van der Waals surface area contributed by atoms with E-state index in [-0.39, 0.29) is 5.69 Å². The Morgan fingerprint density at radius 2 is 2.23 bits per heavy atom. The quantitative estimate of drug-likeness (QED) is 0.587. The van der Waals surface area contributed by atoms with Crippen LogP contribution in [0.15, 0.2) is 24.4 Å². The Kier molecular flexibility index (Phi) is 2.94. The lowest BCUT2D eigenvalue weighted by Gasteiger charge is -2.13. The van der Waals surface area contributed by atoms with E-state index in [1.54, 1.807) is 12.1 Å². The average molecular weight is 182 g/mol. The monoisotopic (exact) mass is 182 g/mol. The van der Waals surface area contributed by atoms with Crippen molar-refractivity contribution in [2.75, 3.05) is 0 Å². The zero-order valence-electron chi connectivity index (χ0n) is 6.79. The SMILES string of the molecule is N[C@H](C(=O)O)C(O)c1ccccn1. The van der Waals surface area contributed by atoms with E-state index in [2.05, 4.69) is 4.98 Å². The molecule has 70 valence electrons. The van der Waals surface area contributed by atoms with Crippen molar-refractivity contribution in [3.8, 4) is 0 Å². The first-order chi connectivity index (χ1) is 6.13. The van der Waals surface area contributed by atoms with Crippen molar-refractivity contribution in [2.24, 2.45) is 5.73 Å². The third-order valence-corrected chi connectivity index (χ3v) is 1.62. The topological polar surface area (TPSA) is 96.4 Å². The molecule has 5 nitrogen and oxygen atoms in total. The van der Waals surface area contributed by atoms with Crippen molar-refractivity contribution < 1.29 is 15.0 Å². The summed E-state index contributed by atoms with van der Waals surface area (Å²) in [6, 6.07) is 3.51. The van der Waals surface area contributed by atoms with E-state index < -0.39 is 18.1 Å². The number of carbonyl (C=O) groups is 1. The molecule has 0 aliphatic carbocycles. The molecule has 0 aromatic carbocycles. The highest BCUT2D eigenvalue weighted by Gasteiger charge is 2.23. The van der Waals surface area contributed by atoms with Gasteiger partial charge in [0.25, 0.3) is 0 Å². The number of rotatable bonds is 3. The molecule has 1 aromatic rings. The summed E-state index contributed by atoms with van der Waals surface area (Å²) in [5.41, 5.74) is 5.46. The van der Waals surface area contributed by atoms with E-state index in [4.69, 9.17) is 10.8 Å². The largest absolute Gasteiger partial charge is 0.480 e. The smallest absolute Gasteiger partial charge is 0.323 e. The zero-order valence-corrected chi connectivity index (χ0v) is 6.79. The number of carboxylic acid groups (broad SMARTS) is 1. The number of hydrogen-bond donors (Lipinski definition) is 3. The van der Waals surface area contributed by atoms with Crippen LogP contribution in [0.25, 0.3) is 0 Å². The van der Waals surface area contributed by atoms with Crippen LogP contribution in [0.4, 0.5) is 0 Å². The van der Waals surface area contributed by atoms with E-state index >= 15 is 0 Å². The molecule has 0 radical (unpaired) electrons. The molecule has 0 aliphatic rings. The summed E-state index contributed by atoms with van der Waals surface area (Å²) in [7, 11) is 0. The second-order valence-corrected chi connectivity index (χ2v) is 2.56. The molecule has 2 atom stereocenters. The number of aliphatic hydroxyl groups is 1. The Balaban J connectivity index is 2.79. The van der Waals surface area contributed by atoms with E-state index in [0.29, 0.717) is 0 Å². The van der Waals surface area contributed by atoms with Crippen molar-refractivity contribution in [3.05, 3.63) is 30.1 Å². The van der Waals surface area contributed by atoms with Gasteiger partial charge in [-0.1, -0.05) is 6.07 Å². The van der Waals surface area contributed by atoms with Gasteiger partial charge in [-0.2, -0.15) is 0 Å². The molecule has 4 N–H and O–H groups in total. The average Bonchev–Trinajstić information content (AvgIpc) is 2.17. The van der Waals surface area contributed by atoms with Crippen LogP contribution in [-0.2, 0) is 4.79 Å². The van der Waals surface area contributed by atoms with E-state index in [9.17, 15) is 9.90 Å². The van der Waals surface area contributed by atoms with Crippen molar-refractivity contribution in [1.29, 1.82) is 0 Å². The summed E-state index contributed by atoms with van der Waals surface area (Å²) >= 11 is 0. The molecule has 0 fully saturated rings. The fourth-order valence-corrected chi connectivity index (χ4v) is 0.870. The first kappa shape index (κ1) is 9.63. The van der Waals surface area contributed by atoms with Gasteiger partial charge in [-0.15, -0.1) is 0 Å². The summed E-state index contributed by atoms with van der Waals surface area (Å²) in [4.78, 5) is 14.2. The van der Waals surface area contributed by atoms with Gasteiger partial charge in [0.15, 0.2) is 0 Å². The number of aromatic nitrogens is 1. The summed E-state index contributed by atoms with van der Waals surface area (Å²) in [5.74, 6) is -1.25. The highest BCUT2D eigenvalue weighted by Crippen LogP contribution is 2.11. The highest BCUT2D eigenvalue weighted by atomic mass is 16.4. The molecular weight excluding hydrogens is 172 g/mol. The van der Waals surface area contributed by atoms with Crippen molar-refractivity contribution in [2.45, 2.75) is 12.1 Å². The Morgan fingerprint density at radius 1 is 1.54 bits per heavy atom. The minimum atomic E-state index is -1.34. The molecule has 1 aromatic heterocycles. The van der Waals surface area contributed by atoms with Gasteiger partial charge in [0.2, 0.25) is 0 Å². The molecule has 13 heavy (non-hydrogen) atoms. The number of aliphatic carboxylic acids is 1. The highest BCUT2D eigenvalue weighted by molar-refractivity contribution is 5.74. The van der Waals surface area contributed by atoms with Gasteiger partial charge in [-0.3, -0.25) is 9.78 Å². The maximum atomic E-state index is 10.4. The molecule has 1 unspecified atom stereocenters. The molecule has 0 aliphatic heterocycles. The maximum Gasteiger partial charge on any atom is 0.323 e. The normalized spacial score (nSPS) is 14.9. The molecule has 0 spiro atoms. The van der Waals surface area contributed by atoms with Gasteiger partial charge in [0.05, 0.1) is 5.69 Å². The fraction of sp³-hybridized carbons (Fsp3) is 0.250. The van der Waals surface area contributed by atoms with Crippen LogP contribution in [0, 0.1) is 0 Å². The minimum Gasteiger partial charge on any atom is -0.480 e. The fourth-order valence-electron chi connectivity index (χ4n) is 0.870. The molecule has 0 saturated carbocycles. The van der Waals surface area contributed by atoms with E-state index in [1.165, 1.54) is 12.3 Å². The van der Waals surface area contributed by atoms with E-state index in [0.717, 1.165) is 0 Å². The van der Waals surface area contributed by atoms with Crippen molar-refractivity contribution in [1.82, 2.24) is 4.98 Å². The first-order valence-electron chi connectivity index (χ1n) is 3.70. The van der Waals surface area contributed by atoms with Gasteiger partial charge < -0.3 is 15.9 Å². The summed E-state index contributed by atoms with van der Waals surface area (Å²) in [6.07, 6.45) is 0.200. The number of nitrogens with two attached hydrogens (primary N) is 1. The summed E-state index contributed by atoms with van der Waals surface area (Å²) < 4.78 is 0. The standard InChI is InChI=1S/C8H10N2O3/c9-6(8(12)13)7(11)5-3-1-2-4-10-5/h1-4,6-7,11H,9H2,(H,12,13)/t6-,7?/m0/s1. The summed E-state index contributed by atoms with van der Waals surface area (Å²) in [5, 5.41) is 17.9. The number of pyridine rings is 1. The van der Waals surface area contributed by atoms with Crippen LogP contribution in [0.2, 0.25) is 0 Å². The number of hydrogen-bond acceptors (Lipinski definition) is 4. The molecule has 1 rings (SSSR count). The molecule has 0 saturated heterocycles. The summed E-state index contributed by atoms with van der Waals surface area (Å²) in [6.45, 7) is 0. The Morgan fingerprint density at radius 3 is 2.69 bits per heavy atom. The number of carboxylic acids is 1. The van der Waals surface area contributed by atoms with Gasteiger partial charge >= 0.3 is 5.97 Å². The van der Waals surface area contributed by atoms with Crippen LogP contribution in [0.1, 0.15) is 11.8 Å². The van der Waals surface area contributed by atoms with Crippen LogP contribution in [0.3, 0.4) is 0 Å². The molecule has 0 bridgehead atoms. The minimum absolute atomic E-state index is 0.261. The predicted molar refractivity (Wildman–Crippen MR) is 44.8 cm³/mol. The number of aliphatic hydroxyl groups excluding tert-OH is 1. The van der Waals surface area contributed by atoms with Gasteiger partial charge in [-0.05, 0) is 12.1 Å². The lowest BCUT2D eigenvalue weighted by molar-refractivity contribution is -0.141. The van der Waals surface area contributed by atoms with E-state index in [1.807, 2.05) is 0 Å². The Bertz CT molecular complexity index is 289.